The van der Waals surface area contributed by atoms with Crippen molar-refractivity contribution < 1.29 is 14.7 Å². The number of aliphatic carboxylic acids is 1. The summed E-state index contributed by atoms with van der Waals surface area (Å²) in [6, 6.07) is 14.4. The summed E-state index contributed by atoms with van der Waals surface area (Å²) in [6.07, 6.45) is 2.04. The molecule has 1 amide bonds. The normalized spacial score (nSPS) is 14.0. The van der Waals surface area contributed by atoms with E-state index >= 15 is 0 Å². The van der Waals surface area contributed by atoms with Gasteiger partial charge in [-0.25, -0.2) is 0 Å². The molecule has 5 heteroatoms. The van der Waals surface area contributed by atoms with E-state index in [9.17, 15) is 14.7 Å². The number of carboxylic acids is 1. The molecule has 0 saturated heterocycles. The molecular formula is C20H22N2O3. The van der Waals surface area contributed by atoms with E-state index in [1.165, 1.54) is 11.3 Å². The molecule has 1 atom stereocenters. The van der Waals surface area contributed by atoms with Crippen molar-refractivity contribution in [1.29, 1.82) is 0 Å². The third kappa shape index (κ3) is 3.65. The van der Waals surface area contributed by atoms with Gasteiger partial charge >= 0.3 is 5.97 Å². The van der Waals surface area contributed by atoms with Gasteiger partial charge in [-0.2, -0.15) is 0 Å². The Morgan fingerprint density at radius 3 is 2.64 bits per heavy atom. The smallest absolute Gasteiger partial charge is 0.320 e. The van der Waals surface area contributed by atoms with E-state index in [2.05, 4.69) is 17.1 Å². The maximum Gasteiger partial charge on any atom is 0.320 e. The lowest BCUT2D eigenvalue weighted by Crippen LogP contribution is -2.27. The molecule has 0 bridgehead atoms. The fourth-order valence-corrected chi connectivity index (χ4v) is 3.32. The van der Waals surface area contributed by atoms with Gasteiger partial charge in [0.05, 0.1) is 0 Å². The predicted molar refractivity (Wildman–Crippen MR) is 98.1 cm³/mol. The summed E-state index contributed by atoms with van der Waals surface area (Å²) in [5.41, 5.74) is 3.52. The van der Waals surface area contributed by atoms with Gasteiger partial charge in [-0.15, -0.1) is 0 Å². The van der Waals surface area contributed by atoms with Crippen LogP contribution in [0.1, 0.15) is 30.4 Å². The summed E-state index contributed by atoms with van der Waals surface area (Å²) in [5.74, 6) is -2.90. The van der Waals surface area contributed by atoms with Crippen LogP contribution in [0.25, 0.3) is 0 Å². The van der Waals surface area contributed by atoms with Gasteiger partial charge in [0.1, 0.15) is 0 Å². The monoisotopic (exact) mass is 338 g/mol. The van der Waals surface area contributed by atoms with E-state index in [1.807, 2.05) is 18.2 Å². The summed E-state index contributed by atoms with van der Waals surface area (Å²) in [5, 5.41) is 12.2. The van der Waals surface area contributed by atoms with Gasteiger partial charge in [0.25, 0.3) is 0 Å². The molecule has 1 aliphatic rings. The Hall–Kier alpha value is -2.82. The molecule has 0 aliphatic carbocycles. The number of anilines is 2. The first-order chi connectivity index (χ1) is 12.1. The summed E-state index contributed by atoms with van der Waals surface area (Å²) in [7, 11) is 0. The van der Waals surface area contributed by atoms with Crippen molar-refractivity contribution in [2.75, 3.05) is 23.3 Å². The van der Waals surface area contributed by atoms with Crippen molar-refractivity contribution in [2.24, 2.45) is 0 Å². The van der Waals surface area contributed by atoms with Crippen molar-refractivity contribution in [2.45, 2.75) is 25.7 Å². The van der Waals surface area contributed by atoms with Gasteiger partial charge in [0, 0.05) is 24.5 Å². The Bertz CT molecular complexity index is 774. The van der Waals surface area contributed by atoms with Crippen LogP contribution in [0, 0.1) is 0 Å². The van der Waals surface area contributed by atoms with E-state index in [0.29, 0.717) is 11.3 Å². The molecular weight excluding hydrogens is 316 g/mol. The molecule has 25 heavy (non-hydrogen) atoms. The van der Waals surface area contributed by atoms with Gasteiger partial charge in [-0.3, -0.25) is 9.59 Å². The molecule has 130 valence electrons. The Balaban J connectivity index is 1.78. The number of fused-ring (bicyclic) bond motifs is 1. The van der Waals surface area contributed by atoms with Crippen molar-refractivity contribution in [3.63, 3.8) is 0 Å². The first-order valence-electron chi connectivity index (χ1n) is 8.56. The second kappa shape index (κ2) is 7.38. The second-order valence-corrected chi connectivity index (χ2v) is 6.25. The standard InChI is InChI=1S/C20H22N2O3/c1-2-11-22-12-10-15-13-16(8-9-17(15)22)21-19(23)18(20(24)25)14-6-4-3-5-7-14/h3-9,13,18H,2,10-12H2,1H3,(H,21,23)(H,24,25). The van der Waals surface area contributed by atoms with Crippen molar-refractivity contribution in [3.8, 4) is 0 Å². The molecule has 2 aromatic carbocycles. The fourth-order valence-electron chi connectivity index (χ4n) is 3.32. The van der Waals surface area contributed by atoms with Crippen LogP contribution in [0.15, 0.2) is 48.5 Å². The SMILES string of the molecule is CCCN1CCc2cc(NC(=O)C(C(=O)O)c3ccccc3)ccc21. The summed E-state index contributed by atoms with van der Waals surface area (Å²) >= 11 is 0. The Kier molecular flexibility index (Phi) is 5.03. The molecule has 3 rings (SSSR count). The van der Waals surface area contributed by atoms with Gasteiger partial charge in [-0.1, -0.05) is 37.3 Å². The highest BCUT2D eigenvalue weighted by atomic mass is 16.4. The van der Waals surface area contributed by atoms with Crippen LogP contribution in [0.2, 0.25) is 0 Å². The lowest BCUT2D eigenvalue weighted by molar-refractivity contribution is -0.141. The molecule has 2 N–H and O–H groups in total. The molecule has 5 nitrogen and oxygen atoms in total. The third-order valence-electron chi connectivity index (χ3n) is 4.47. The van der Waals surface area contributed by atoms with Crippen LogP contribution < -0.4 is 10.2 Å². The third-order valence-corrected chi connectivity index (χ3v) is 4.47. The second-order valence-electron chi connectivity index (χ2n) is 6.25. The molecule has 1 unspecified atom stereocenters. The molecule has 1 heterocycles. The van der Waals surface area contributed by atoms with E-state index < -0.39 is 17.8 Å². The number of benzene rings is 2. The van der Waals surface area contributed by atoms with Crippen LogP contribution in [0.5, 0.6) is 0 Å². The van der Waals surface area contributed by atoms with Crippen molar-refractivity contribution in [1.82, 2.24) is 0 Å². The minimum Gasteiger partial charge on any atom is -0.480 e. The Labute approximate surface area is 147 Å². The summed E-state index contributed by atoms with van der Waals surface area (Å²) in [6.45, 7) is 4.17. The average Bonchev–Trinajstić information content (AvgIpc) is 2.98. The quantitative estimate of drug-likeness (QED) is 0.793. The lowest BCUT2D eigenvalue weighted by Gasteiger charge is -2.18. The zero-order valence-electron chi connectivity index (χ0n) is 14.2. The van der Waals surface area contributed by atoms with Crippen LogP contribution in [-0.2, 0) is 16.0 Å². The first kappa shape index (κ1) is 17.0. The Morgan fingerprint density at radius 1 is 1.20 bits per heavy atom. The van der Waals surface area contributed by atoms with Crippen LogP contribution in [0.4, 0.5) is 11.4 Å². The first-order valence-corrected chi connectivity index (χ1v) is 8.56. The molecule has 0 radical (unpaired) electrons. The van der Waals surface area contributed by atoms with Gasteiger partial charge < -0.3 is 15.3 Å². The summed E-state index contributed by atoms with van der Waals surface area (Å²) in [4.78, 5) is 26.4. The number of rotatable bonds is 6. The van der Waals surface area contributed by atoms with Gasteiger partial charge in [0.15, 0.2) is 5.92 Å². The molecule has 2 aromatic rings. The summed E-state index contributed by atoms with van der Waals surface area (Å²) < 4.78 is 0. The lowest BCUT2D eigenvalue weighted by atomic mass is 9.98. The van der Waals surface area contributed by atoms with Crippen molar-refractivity contribution in [3.05, 3.63) is 59.7 Å². The highest BCUT2D eigenvalue weighted by molar-refractivity contribution is 6.08. The highest BCUT2D eigenvalue weighted by Gasteiger charge is 2.28. The minimum absolute atomic E-state index is 0.475. The zero-order chi connectivity index (χ0) is 17.8. The number of carbonyl (C=O) groups excluding carboxylic acids is 1. The minimum atomic E-state index is -1.22. The van der Waals surface area contributed by atoms with E-state index in [4.69, 9.17) is 0 Å². The molecule has 0 spiro atoms. The molecule has 0 aromatic heterocycles. The topological polar surface area (TPSA) is 69.6 Å². The maximum absolute atomic E-state index is 12.5. The molecule has 0 saturated carbocycles. The molecule has 1 aliphatic heterocycles. The number of nitrogens with one attached hydrogen (secondary N) is 1. The number of hydrogen-bond acceptors (Lipinski definition) is 3. The fraction of sp³-hybridized carbons (Fsp3) is 0.300. The highest BCUT2D eigenvalue weighted by Crippen LogP contribution is 2.31. The average molecular weight is 338 g/mol. The van der Waals surface area contributed by atoms with Crippen LogP contribution in [-0.4, -0.2) is 30.1 Å². The van der Waals surface area contributed by atoms with Crippen LogP contribution >= 0.6 is 0 Å². The van der Waals surface area contributed by atoms with Crippen LogP contribution in [0.3, 0.4) is 0 Å². The number of nitrogens with zero attached hydrogens (tertiary/aromatic N) is 1. The Morgan fingerprint density at radius 2 is 1.96 bits per heavy atom. The largest absolute Gasteiger partial charge is 0.480 e. The number of carboxylic acid groups (broad SMARTS) is 1. The van der Waals surface area contributed by atoms with Gasteiger partial charge in [-0.05, 0) is 42.2 Å². The van der Waals surface area contributed by atoms with Gasteiger partial charge in [0.2, 0.25) is 5.91 Å². The number of carbonyl (C=O) groups is 2. The van der Waals surface area contributed by atoms with Crippen molar-refractivity contribution >= 4 is 23.3 Å². The van der Waals surface area contributed by atoms with E-state index in [-0.39, 0.29) is 0 Å². The zero-order valence-corrected chi connectivity index (χ0v) is 14.2. The van der Waals surface area contributed by atoms with E-state index in [1.54, 1.807) is 30.3 Å². The maximum atomic E-state index is 12.5. The number of amides is 1. The molecule has 0 fully saturated rings. The number of hydrogen-bond donors (Lipinski definition) is 2. The van der Waals surface area contributed by atoms with E-state index in [0.717, 1.165) is 25.9 Å². The predicted octanol–water partition coefficient (Wildman–Crippen LogP) is 3.27.